The van der Waals surface area contributed by atoms with Gasteiger partial charge in [-0.2, -0.15) is 0 Å². The molecule has 15 heavy (non-hydrogen) atoms. The zero-order valence-electron chi connectivity index (χ0n) is 8.22. The van der Waals surface area contributed by atoms with Gasteiger partial charge >= 0.3 is 0 Å². The Morgan fingerprint density at radius 2 is 2.47 bits per heavy atom. The minimum Gasteiger partial charge on any atom is -0.323 e. The molecule has 0 aromatic carbocycles. The van der Waals surface area contributed by atoms with Gasteiger partial charge in [0.2, 0.25) is 0 Å². The molecule has 0 radical (unpaired) electrons. The van der Waals surface area contributed by atoms with E-state index in [9.17, 15) is 0 Å². The summed E-state index contributed by atoms with van der Waals surface area (Å²) in [5.41, 5.74) is 6.53. The third-order valence-corrected chi connectivity index (χ3v) is 3.64. The highest BCUT2D eigenvalue weighted by Crippen LogP contribution is 2.20. The van der Waals surface area contributed by atoms with E-state index in [1.54, 1.807) is 16.0 Å². The fourth-order valence-corrected chi connectivity index (χ4v) is 2.64. The van der Waals surface area contributed by atoms with Crippen LogP contribution in [0.1, 0.15) is 23.5 Å². The first-order chi connectivity index (χ1) is 7.15. The van der Waals surface area contributed by atoms with Gasteiger partial charge in [-0.1, -0.05) is 5.21 Å². The van der Waals surface area contributed by atoms with Gasteiger partial charge in [-0.15, -0.1) is 16.4 Å². The molecule has 6 heteroatoms. The number of thiophene rings is 1. The van der Waals surface area contributed by atoms with Gasteiger partial charge in [0.15, 0.2) is 0 Å². The van der Waals surface area contributed by atoms with Crippen molar-refractivity contribution in [1.29, 1.82) is 0 Å². The normalized spacial score (nSPS) is 13.0. The van der Waals surface area contributed by atoms with Crippen LogP contribution in [0.3, 0.4) is 0 Å². The van der Waals surface area contributed by atoms with Gasteiger partial charge in [-0.3, -0.25) is 0 Å². The Morgan fingerprint density at radius 3 is 3.00 bits per heavy atom. The van der Waals surface area contributed by atoms with Gasteiger partial charge in [0.1, 0.15) is 0 Å². The van der Waals surface area contributed by atoms with E-state index in [0.717, 1.165) is 16.7 Å². The zero-order valence-corrected chi connectivity index (χ0v) is 10.6. The molecule has 2 N–H and O–H groups in total. The molecule has 4 nitrogen and oxygen atoms in total. The standard InChI is InChI=1S/C9H11BrN4S/c1-6(11)9-4-14(13-12-9)3-8-2-7(10)5-15-8/h2,4-6H,3,11H2,1H3. The van der Waals surface area contributed by atoms with Gasteiger partial charge in [0.05, 0.1) is 18.4 Å². The van der Waals surface area contributed by atoms with Crippen LogP contribution in [0.25, 0.3) is 0 Å². The van der Waals surface area contributed by atoms with E-state index < -0.39 is 0 Å². The summed E-state index contributed by atoms with van der Waals surface area (Å²) in [4.78, 5) is 1.24. The Morgan fingerprint density at radius 1 is 1.67 bits per heavy atom. The number of hydrogen-bond acceptors (Lipinski definition) is 4. The highest BCUT2D eigenvalue weighted by atomic mass is 79.9. The number of aromatic nitrogens is 3. The van der Waals surface area contributed by atoms with E-state index in [4.69, 9.17) is 5.73 Å². The smallest absolute Gasteiger partial charge is 0.0991 e. The Kier molecular flexibility index (Phi) is 3.18. The highest BCUT2D eigenvalue weighted by molar-refractivity contribution is 9.10. The molecule has 0 saturated carbocycles. The summed E-state index contributed by atoms with van der Waals surface area (Å²) in [5.74, 6) is 0. The van der Waals surface area contributed by atoms with E-state index in [1.165, 1.54) is 4.88 Å². The summed E-state index contributed by atoms with van der Waals surface area (Å²) in [6.07, 6.45) is 1.89. The van der Waals surface area contributed by atoms with E-state index in [-0.39, 0.29) is 6.04 Å². The van der Waals surface area contributed by atoms with Crippen LogP contribution in [0, 0.1) is 0 Å². The van der Waals surface area contributed by atoms with E-state index in [2.05, 4.69) is 37.7 Å². The van der Waals surface area contributed by atoms with Crippen LogP contribution in [0.5, 0.6) is 0 Å². The van der Waals surface area contributed by atoms with Crippen molar-refractivity contribution in [1.82, 2.24) is 15.0 Å². The van der Waals surface area contributed by atoms with Crippen LogP contribution >= 0.6 is 27.3 Å². The van der Waals surface area contributed by atoms with Crippen molar-refractivity contribution in [3.8, 4) is 0 Å². The van der Waals surface area contributed by atoms with Gasteiger partial charge in [-0.25, -0.2) is 4.68 Å². The molecule has 2 aromatic heterocycles. The number of halogens is 1. The lowest BCUT2D eigenvalue weighted by atomic mass is 10.3. The third-order valence-electron chi connectivity index (χ3n) is 1.96. The molecule has 0 bridgehead atoms. The van der Waals surface area contributed by atoms with Crippen LogP contribution in [-0.2, 0) is 6.54 Å². The Hall–Kier alpha value is -0.720. The van der Waals surface area contributed by atoms with Crippen LogP contribution < -0.4 is 5.73 Å². The molecular weight excluding hydrogens is 276 g/mol. The van der Waals surface area contributed by atoms with Crippen molar-refractivity contribution in [2.24, 2.45) is 5.73 Å². The van der Waals surface area contributed by atoms with Crippen molar-refractivity contribution in [3.05, 3.63) is 32.7 Å². The molecule has 2 rings (SSSR count). The average molecular weight is 287 g/mol. The molecule has 0 amide bonds. The second-order valence-corrected chi connectivity index (χ2v) is 5.27. The first-order valence-electron chi connectivity index (χ1n) is 4.53. The third kappa shape index (κ3) is 2.64. The number of nitrogens with zero attached hydrogens (tertiary/aromatic N) is 3. The first-order valence-corrected chi connectivity index (χ1v) is 6.21. The molecule has 1 atom stereocenters. The summed E-state index contributed by atoms with van der Waals surface area (Å²) >= 11 is 5.11. The van der Waals surface area contributed by atoms with Gasteiger partial charge in [0, 0.05) is 20.8 Å². The van der Waals surface area contributed by atoms with Gasteiger partial charge in [-0.05, 0) is 28.9 Å². The first kappa shape index (κ1) is 10.8. The van der Waals surface area contributed by atoms with Crippen LogP contribution in [0.2, 0.25) is 0 Å². The fourth-order valence-electron chi connectivity index (χ4n) is 1.20. The van der Waals surface area contributed by atoms with Gasteiger partial charge in [0.25, 0.3) is 0 Å². The van der Waals surface area contributed by atoms with E-state index >= 15 is 0 Å². The quantitative estimate of drug-likeness (QED) is 0.941. The van der Waals surface area contributed by atoms with Crippen LogP contribution in [0.4, 0.5) is 0 Å². The minimum absolute atomic E-state index is 0.0613. The van der Waals surface area contributed by atoms with Crippen molar-refractivity contribution in [2.75, 3.05) is 0 Å². The maximum absolute atomic E-state index is 5.70. The topological polar surface area (TPSA) is 56.7 Å². The molecular formula is C9H11BrN4S. The minimum atomic E-state index is -0.0613. The lowest BCUT2D eigenvalue weighted by molar-refractivity contribution is 0.654. The molecule has 0 aliphatic rings. The lowest BCUT2D eigenvalue weighted by Crippen LogP contribution is -2.05. The predicted molar refractivity (Wildman–Crippen MR) is 63.7 cm³/mol. The number of nitrogens with two attached hydrogens (primary N) is 1. The maximum atomic E-state index is 5.70. The fraction of sp³-hybridized carbons (Fsp3) is 0.333. The lowest BCUT2D eigenvalue weighted by Gasteiger charge is -1.97. The van der Waals surface area contributed by atoms with Crippen molar-refractivity contribution in [2.45, 2.75) is 19.5 Å². The number of hydrogen-bond donors (Lipinski definition) is 1. The second kappa shape index (κ2) is 4.42. The van der Waals surface area contributed by atoms with Crippen molar-refractivity contribution in [3.63, 3.8) is 0 Å². The molecule has 0 saturated heterocycles. The zero-order chi connectivity index (χ0) is 10.8. The maximum Gasteiger partial charge on any atom is 0.0991 e. The molecule has 0 fully saturated rings. The van der Waals surface area contributed by atoms with E-state index in [1.807, 2.05) is 13.1 Å². The molecule has 1 unspecified atom stereocenters. The summed E-state index contributed by atoms with van der Waals surface area (Å²) in [6.45, 7) is 2.64. The highest BCUT2D eigenvalue weighted by Gasteiger charge is 2.06. The Bertz CT molecular complexity index is 448. The molecule has 0 spiro atoms. The van der Waals surface area contributed by atoms with Crippen LogP contribution in [0.15, 0.2) is 22.1 Å². The summed E-state index contributed by atoms with van der Waals surface area (Å²) in [5, 5.41) is 10.1. The largest absolute Gasteiger partial charge is 0.323 e. The van der Waals surface area contributed by atoms with Crippen LogP contribution in [-0.4, -0.2) is 15.0 Å². The molecule has 2 aromatic rings. The van der Waals surface area contributed by atoms with Gasteiger partial charge < -0.3 is 5.73 Å². The van der Waals surface area contributed by atoms with Crippen molar-refractivity contribution >= 4 is 27.3 Å². The summed E-state index contributed by atoms with van der Waals surface area (Å²) < 4.78 is 2.91. The Balaban J connectivity index is 2.11. The second-order valence-electron chi connectivity index (χ2n) is 3.36. The predicted octanol–water partition coefficient (Wildman–Crippen LogP) is 2.17. The molecule has 80 valence electrons. The van der Waals surface area contributed by atoms with E-state index in [0.29, 0.717) is 0 Å². The SMILES string of the molecule is CC(N)c1cn(Cc2cc(Br)cs2)nn1. The molecule has 0 aliphatic carbocycles. The van der Waals surface area contributed by atoms with Crippen molar-refractivity contribution < 1.29 is 0 Å². The summed E-state index contributed by atoms with van der Waals surface area (Å²) in [7, 11) is 0. The molecule has 0 aliphatic heterocycles. The monoisotopic (exact) mass is 286 g/mol. The Labute approximate surface area is 100 Å². The average Bonchev–Trinajstić information content (AvgIpc) is 2.76. The summed E-state index contributed by atoms with van der Waals surface area (Å²) in [6, 6.07) is 2.02. The number of rotatable bonds is 3. The molecule has 2 heterocycles.